The summed E-state index contributed by atoms with van der Waals surface area (Å²) in [5.74, 6) is -1.86. The second kappa shape index (κ2) is 7.11. The molecular formula is C13H8ClF6N3O3. The fourth-order valence-electron chi connectivity index (χ4n) is 1.73. The van der Waals surface area contributed by atoms with Crippen molar-refractivity contribution in [1.29, 1.82) is 0 Å². The average Bonchev–Trinajstić information content (AvgIpc) is 2.89. The van der Waals surface area contributed by atoms with Crippen molar-refractivity contribution >= 4 is 17.4 Å². The van der Waals surface area contributed by atoms with Crippen molar-refractivity contribution < 1.29 is 40.6 Å². The molecule has 0 saturated carbocycles. The Bertz CT molecular complexity index is 811. The molecule has 2 rings (SSSR count). The lowest BCUT2D eigenvalue weighted by molar-refractivity contribution is -0.411. The van der Waals surface area contributed by atoms with E-state index in [9.17, 15) is 31.1 Å². The fraction of sp³-hybridized carbons (Fsp3) is 0.308. The zero-order valence-corrected chi connectivity index (χ0v) is 13.4. The summed E-state index contributed by atoms with van der Waals surface area (Å²) in [6, 6.07) is 3.47. The lowest BCUT2D eigenvalue weighted by atomic mass is 10.3. The highest BCUT2D eigenvalue weighted by Crippen LogP contribution is 2.32. The van der Waals surface area contributed by atoms with Crippen LogP contribution >= 0.6 is 11.6 Å². The predicted molar refractivity (Wildman–Crippen MR) is 74.0 cm³/mol. The normalized spacial score (nSPS) is 13.5. The van der Waals surface area contributed by atoms with Gasteiger partial charge in [-0.25, -0.2) is 18.8 Å². The van der Waals surface area contributed by atoms with Gasteiger partial charge in [-0.2, -0.15) is 8.78 Å². The van der Waals surface area contributed by atoms with Crippen LogP contribution in [0.2, 0.25) is 5.02 Å². The molecule has 2 heterocycles. The molecule has 0 spiro atoms. The van der Waals surface area contributed by atoms with Gasteiger partial charge in [0, 0.05) is 19.2 Å². The minimum atomic E-state index is -5.66. The van der Waals surface area contributed by atoms with Crippen molar-refractivity contribution in [3.05, 3.63) is 35.1 Å². The molecule has 2 aromatic heterocycles. The molecule has 0 aliphatic carbocycles. The first-order valence-electron chi connectivity index (χ1n) is 6.58. The number of halogens is 7. The third-order valence-electron chi connectivity index (χ3n) is 2.73. The third-order valence-corrected chi connectivity index (χ3v) is 3.02. The molecule has 0 N–H and O–H groups in total. The second-order valence-electron chi connectivity index (χ2n) is 4.69. The zero-order valence-electron chi connectivity index (χ0n) is 12.6. The van der Waals surface area contributed by atoms with Gasteiger partial charge in [0.05, 0.1) is 5.02 Å². The highest BCUT2D eigenvalue weighted by Gasteiger charge is 2.51. The molecule has 142 valence electrons. The van der Waals surface area contributed by atoms with Gasteiger partial charge in [0.2, 0.25) is 5.88 Å². The number of rotatable bonds is 6. The van der Waals surface area contributed by atoms with Crippen LogP contribution in [0, 0.1) is 0 Å². The molecule has 0 aromatic carbocycles. The van der Waals surface area contributed by atoms with Gasteiger partial charge in [-0.3, -0.25) is 4.79 Å². The second-order valence-corrected chi connectivity index (χ2v) is 5.10. The predicted octanol–water partition coefficient (Wildman–Crippen LogP) is 3.93. The molecule has 0 fully saturated rings. The number of pyridine rings is 1. The van der Waals surface area contributed by atoms with Gasteiger partial charge in [0.25, 0.3) is 0 Å². The van der Waals surface area contributed by atoms with E-state index in [1.807, 2.05) is 0 Å². The average molecular weight is 404 g/mol. The maximum absolute atomic E-state index is 13.5. The maximum Gasteiger partial charge on any atom is 0.525 e. The number of hydrogen-bond donors (Lipinski definition) is 0. The maximum atomic E-state index is 13.5. The number of carbonyl (C=O) groups excluding carboxylic acids is 1. The van der Waals surface area contributed by atoms with Crippen LogP contribution in [-0.4, -0.2) is 39.4 Å². The van der Waals surface area contributed by atoms with Crippen LogP contribution in [0.15, 0.2) is 24.4 Å². The summed E-state index contributed by atoms with van der Waals surface area (Å²) in [5, 5.41) is 3.46. The molecule has 6 nitrogen and oxygen atoms in total. The van der Waals surface area contributed by atoms with E-state index in [0.717, 1.165) is 11.6 Å². The monoisotopic (exact) mass is 403 g/mol. The summed E-state index contributed by atoms with van der Waals surface area (Å²) in [5.41, 5.74) is -0.330. The zero-order chi connectivity index (χ0) is 19.7. The summed E-state index contributed by atoms with van der Waals surface area (Å²) in [7, 11) is 0. The number of alkyl halides is 6. The number of aromatic nitrogens is 3. The molecule has 1 unspecified atom stereocenters. The standard InChI is InChI=1S/C13H8ClF6N3O3/c1-6(24)8-5-9(22-23(8)10-7(14)3-2-4-21-10)25-12(16,17)11(15)26-13(18,19)20/h2-5,11H,1H3. The van der Waals surface area contributed by atoms with E-state index in [-0.39, 0.29) is 16.5 Å². The highest BCUT2D eigenvalue weighted by molar-refractivity contribution is 6.32. The number of Topliss-reactive ketones (excluding diaryl/α,β-unsaturated/α-hetero) is 1. The van der Waals surface area contributed by atoms with Crippen LogP contribution in [0.5, 0.6) is 5.88 Å². The van der Waals surface area contributed by atoms with E-state index >= 15 is 0 Å². The minimum Gasteiger partial charge on any atom is -0.409 e. The molecule has 0 amide bonds. The highest BCUT2D eigenvalue weighted by atomic mass is 35.5. The third kappa shape index (κ3) is 4.64. The Morgan fingerprint density at radius 3 is 2.50 bits per heavy atom. The number of hydrogen-bond acceptors (Lipinski definition) is 5. The Morgan fingerprint density at radius 2 is 1.96 bits per heavy atom. The molecule has 0 radical (unpaired) electrons. The van der Waals surface area contributed by atoms with E-state index in [0.29, 0.717) is 6.07 Å². The first-order chi connectivity index (χ1) is 11.9. The van der Waals surface area contributed by atoms with Crippen molar-refractivity contribution in [1.82, 2.24) is 14.8 Å². The van der Waals surface area contributed by atoms with E-state index in [4.69, 9.17) is 11.6 Å². The number of ketones is 1. The van der Waals surface area contributed by atoms with Gasteiger partial charge in [-0.05, 0) is 12.1 Å². The lowest BCUT2D eigenvalue weighted by Crippen LogP contribution is -2.41. The molecule has 0 aliphatic heterocycles. The van der Waals surface area contributed by atoms with Gasteiger partial charge in [0.1, 0.15) is 5.69 Å². The van der Waals surface area contributed by atoms with Gasteiger partial charge < -0.3 is 4.74 Å². The van der Waals surface area contributed by atoms with Crippen molar-refractivity contribution in [2.24, 2.45) is 0 Å². The van der Waals surface area contributed by atoms with Gasteiger partial charge in [0.15, 0.2) is 11.6 Å². The Kier molecular flexibility index (Phi) is 5.47. The Labute approximate surface area is 146 Å². The number of ether oxygens (including phenoxy) is 2. The quantitative estimate of drug-likeness (QED) is 0.540. The first-order valence-corrected chi connectivity index (χ1v) is 6.96. The van der Waals surface area contributed by atoms with Crippen LogP contribution < -0.4 is 4.74 Å². The fourth-order valence-corrected chi connectivity index (χ4v) is 1.93. The van der Waals surface area contributed by atoms with Crippen molar-refractivity contribution in [2.75, 3.05) is 0 Å². The summed E-state index contributed by atoms with van der Waals surface area (Å²) in [4.78, 5) is 15.4. The molecule has 0 aliphatic rings. The Morgan fingerprint density at radius 1 is 1.31 bits per heavy atom. The van der Waals surface area contributed by atoms with Crippen LogP contribution in [0.25, 0.3) is 5.82 Å². The van der Waals surface area contributed by atoms with Gasteiger partial charge in [-0.1, -0.05) is 11.6 Å². The molecule has 13 heteroatoms. The topological polar surface area (TPSA) is 66.2 Å². The summed E-state index contributed by atoms with van der Waals surface area (Å²) >= 11 is 5.87. The molecule has 26 heavy (non-hydrogen) atoms. The first kappa shape index (κ1) is 20.0. The smallest absolute Gasteiger partial charge is 0.409 e. The van der Waals surface area contributed by atoms with Crippen LogP contribution in [0.3, 0.4) is 0 Å². The SMILES string of the molecule is CC(=O)c1cc(OC(F)(F)C(F)OC(F)(F)F)nn1-c1ncccc1Cl. The largest absolute Gasteiger partial charge is 0.525 e. The van der Waals surface area contributed by atoms with Crippen molar-refractivity contribution in [3.8, 4) is 11.7 Å². The van der Waals surface area contributed by atoms with E-state index in [2.05, 4.69) is 19.6 Å². The summed E-state index contributed by atoms with van der Waals surface area (Å²) in [6.45, 7) is 1.05. The summed E-state index contributed by atoms with van der Waals surface area (Å²) in [6.07, 6.45) is -13.6. The van der Waals surface area contributed by atoms with E-state index in [1.54, 1.807) is 0 Å². The van der Waals surface area contributed by atoms with Crippen LogP contribution in [0.1, 0.15) is 17.4 Å². The molecule has 2 aromatic rings. The van der Waals surface area contributed by atoms with E-state index in [1.165, 1.54) is 18.3 Å². The summed E-state index contributed by atoms with van der Waals surface area (Å²) < 4.78 is 82.8. The molecule has 0 saturated heterocycles. The van der Waals surface area contributed by atoms with E-state index < -0.39 is 30.5 Å². The van der Waals surface area contributed by atoms with Gasteiger partial charge >= 0.3 is 18.8 Å². The van der Waals surface area contributed by atoms with Gasteiger partial charge in [-0.15, -0.1) is 18.3 Å². The molecular weight excluding hydrogens is 396 g/mol. The Hall–Kier alpha value is -2.34. The van der Waals surface area contributed by atoms with Crippen LogP contribution in [0.4, 0.5) is 26.3 Å². The minimum absolute atomic E-state index is 0.0137. The molecule has 0 bridgehead atoms. The Balaban J connectivity index is 2.36. The number of carbonyl (C=O) groups is 1. The van der Waals surface area contributed by atoms with Crippen molar-refractivity contribution in [2.45, 2.75) is 25.8 Å². The molecule has 1 atom stereocenters. The lowest BCUT2D eigenvalue weighted by Gasteiger charge is -2.20. The van der Waals surface area contributed by atoms with Crippen LogP contribution in [-0.2, 0) is 4.74 Å². The van der Waals surface area contributed by atoms with Crippen molar-refractivity contribution in [3.63, 3.8) is 0 Å². The number of nitrogens with zero attached hydrogens (tertiary/aromatic N) is 3.